The largest absolute Gasteiger partial charge is 0.330 e. The normalized spacial score (nSPS) is 7.71. The second-order valence-electron chi connectivity index (χ2n) is 1.28. The first-order chi connectivity index (χ1) is 2.91. The predicted molar refractivity (Wildman–Crippen MR) is 33.1 cm³/mol. The van der Waals surface area contributed by atoms with E-state index in [1.54, 1.807) is 0 Å². The summed E-state index contributed by atoms with van der Waals surface area (Å²) in [4.78, 5) is 0. The van der Waals surface area contributed by atoms with Gasteiger partial charge >= 0.3 is 0 Å². The Labute approximate surface area is 66.9 Å². The monoisotopic (exact) mass is 111 g/mol. The Morgan fingerprint density at radius 1 is 0.857 bits per heavy atom. The van der Waals surface area contributed by atoms with Crippen LogP contribution in [0.15, 0.2) is 0 Å². The average Bonchev–Trinajstić information content (AvgIpc) is 1.61. The van der Waals surface area contributed by atoms with E-state index < -0.39 is 0 Å². The Hall–Kier alpha value is 0.920. The SMILES string of the molecule is NCCCCN.[Na]. The first-order valence-electron chi connectivity index (χ1n) is 2.32. The molecule has 0 aliphatic heterocycles. The smallest absolute Gasteiger partial charge is 0 e. The zero-order valence-electron chi connectivity index (χ0n) is 4.98. The molecule has 3 heteroatoms. The zero-order chi connectivity index (χ0) is 4.83. The van der Waals surface area contributed by atoms with Crippen molar-refractivity contribution in [3.8, 4) is 0 Å². The molecular weight excluding hydrogens is 99.0 g/mol. The van der Waals surface area contributed by atoms with Crippen molar-refractivity contribution in [2.75, 3.05) is 13.1 Å². The second kappa shape index (κ2) is 10.0. The number of unbranched alkanes of at least 4 members (excludes halogenated alkanes) is 1. The minimum absolute atomic E-state index is 0. The van der Waals surface area contributed by atoms with Crippen LogP contribution < -0.4 is 11.5 Å². The number of hydrogen-bond donors (Lipinski definition) is 2. The molecule has 0 rings (SSSR count). The fraction of sp³-hybridized carbons (Fsp3) is 1.00. The van der Waals surface area contributed by atoms with Crippen LogP contribution >= 0.6 is 0 Å². The molecule has 1 radical (unpaired) electrons. The summed E-state index contributed by atoms with van der Waals surface area (Å²) in [6.07, 6.45) is 2.13. The Morgan fingerprint density at radius 2 is 1.14 bits per heavy atom. The molecule has 0 aliphatic carbocycles. The van der Waals surface area contributed by atoms with Crippen molar-refractivity contribution < 1.29 is 0 Å². The van der Waals surface area contributed by atoms with Crippen molar-refractivity contribution in [2.24, 2.45) is 11.5 Å². The van der Waals surface area contributed by atoms with E-state index in [1.165, 1.54) is 0 Å². The quantitative estimate of drug-likeness (QED) is 0.374. The second-order valence-corrected chi connectivity index (χ2v) is 1.28. The van der Waals surface area contributed by atoms with Crippen molar-refractivity contribution in [2.45, 2.75) is 12.8 Å². The minimum atomic E-state index is 0. The zero-order valence-corrected chi connectivity index (χ0v) is 6.98. The van der Waals surface area contributed by atoms with E-state index in [4.69, 9.17) is 11.5 Å². The molecule has 0 aromatic heterocycles. The maximum Gasteiger partial charge on any atom is 0 e. The molecule has 0 unspecified atom stereocenters. The molecule has 0 atom stereocenters. The third kappa shape index (κ3) is 10.9. The van der Waals surface area contributed by atoms with Gasteiger partial charge in [0.25, 0.3) is 0 Å². The Morgan fingerprint density at radius 3 is 1.29 bits per heavy atom. The molecule has 0 aromatic carbocycles. The van der Waals surface area contributed by atoms with Gasteiger partial charge in [0.05, 0.1) is 0 Å². The summed E-state index contributed by atoms with van der Waals surface area (Å²) in [5.41, 5.74) is 10.3. The molecule has 0 amide bonds. The molecule has 7 heavy (non-hydrogen) atoms. The van der Waals surface area contributed by atoms with E-state index in [1.807, 2.05) is 0 Å². The molecule has 0 bridgehead atoms. The minimum Gasteiger partial charge on any atom is -0.330 e. The van der Waals surface area contributed by atoms with Crippen LogP contribution in [0.25, 0.3) is 0 Å². The number of rotatable bonds is 3. The van der Waals surface area contributed by atoms with Crippen molar-refractivity contribution >= 4 is 29.6 Å². The van der Waals surface area contributed by atoms with E-state index >= 15 is 0 Å². The molecular formula is C4H12N2Na. The van der Waals surface area contributed by atoms with E-state index in [2.05, 4.69) is 0 Å². The van der Waals surface area contributed by atoms with E-state index in [0.29, 0.717) is 0 Å². The summed E-state index contributed by atoms with van der Waals surface area (Å²) in [7, 11) is 0. The van der Waals surface area contributed by atoms with Crippen LogP contribution in [0.4, 0.5) is 0 Å². The Kier molecular flexibility index (Phi) is 15.5. The molecule has 0 fully saturated rings. The van der Waals surface area contributed by atoms with Crippen molar-refractivity contribution in [1.82, 2.24) is 0 Å². The van der Waals surface area contributed by atoms with Gasteiger partial charge in [-0.15, -0.1) is 0 Å². The van der Waals surface area contributed by atoms with Crippen LogP contribution in [0, 0.1) is 0 Å². The average molecular weight is 111 g/mol. The van der Waals surface area contributed by atoms with Crippen molar-refractivity contribution in [3.05, 3.63) is 0 Å². The van der Waals surface area contributed by atoms with Gasteiger partial charge in [0.1, 0.15) is 0 Å². The van der Waals surface area contributed by atoms with Crippen LogP contribution in [-0.2, 0) is 0 Å². The van der Waals surface area contributed by atoms with Crippen molar-refractivity contribution in [3.63, 3.8) is 0 Å². The van der Waals surface area contributed by atoms with Gasteiger partial charge in [0.2, 0.25) is 0 Å². The van der Waals surface area contributed by atoms with Gasteiger partial charge in [0.15, 0.2) is 0 Å². The number of hydrogen-bond acceptors (Lipinski definition) is 2. The third-order valence-electron chi connectivity index (χ3n) is 0.658. The summed E-state index contributed by atoms with van der Waals surface area (Å²) in [5, 5.41) is 0. The fourth-order valence-electron chi connectivity index (χ4n) is 0.289. The van der Waals surface area contributed by atoms with Crippen LogP contribution in [0.5, 0.6) is 0 Å². The topological polar surface area (TPSA) is 52.0 Å². The van der Waals surface area contributed by atoms with E-state index in [9.17, 15) is 0 Å². The molecule has 2 nitrogen and oxygen atoms in total. The molecule has 0 saturated carbocycles. The van der Waals surface area contributed by atoms with Crippen LogP contribution in [0.1, 0.15) is 12.8 Å². The van der Waals surface area contributed by atoms with Gasteiger partial charge in [-0.25, -0.2) is 0 Å². The standard InChI is InChI=1S/C4H12N2.Na/c5-3-1-2-4-6;/h1-6H2;. The summed E-state index contributed by atoms with van der Waals surface area (Å²) < 4.78 is 0. The van der Waals surface area contributed by atoms with Gasteiger partial charge < -0.3 is 11.5 Å². The fourth-order valence-corrected chi connectivity index (χ4v) is 0.289. The summed E-state index contributed by atoms with van der Waals surface area (Å²) in [6, 6.07) is 0. The molecule has 0 aromatic rings. The first kappa shape index (κ1) is 10.8. The van der Waals surface area contributed by atoms with E-state index in [-0.39, 0.29) is 29.6 Å². The van der Waals surface area contributed by atoms with E-state index in [0.717, 1.165) is 25.9 Å². The van der Waals surface area contributed by atoms with Crippen LogP contribution in [0.2, 0.25) is 0 Å². The molecule has 39 valence electrons. The third-order valence-corrected chi connectivity index (χ3v) is 0.658. The molecule has 4 N–H and O–H groups in total. The van der Waals surface area contributed by atoms with Gasteiger partial charge in [-0.2, -0.15) is 0 Å². The van der Waals surface area contributed by atoms with Crippen LogP contribution in [-0.4, -0.2) is 42.6 Å². The van der Waals surface area contributed by atoms with Gasteiger partial charge in [-0.05, 0) is 25.9 Å². The summed E-state index contributed by atoms with van der Waals surface area (Å²) >= 11 is 0. The van der Waals surface area contributed by atoms with Gasteiger partial charge in [-0.3, -0.25) is 0 Å². The van der Waals surface area contributed by atoms with Crippen molar-refractivity contribution in [1.29, 1.82) is 0 Å². The molecule has 0 aliphatic rings. The van der Waals surface area contributed by atoms with Gasteiger partial charge in [0, 0.05) is 29.6 Å². The molecule has 0 heterocycles. The molecule has 0 spiro atoms. The summed E-state index contributed by atoms with van der Waals surface area (Å²) in [5.74, 6) is 0. The predicted octanol–water partition coefficient (Wildman–Crippen LogP) is -0.697. The first-order valence-corrected chi connectivity index (χ1v) is 2.32. The van der Waals surface area contributed by atoms with Crippen LogP contribution in [0.3, 0.4) is 0 Å². The Bertz CT molecular complexity index is 21.7. The number of nitrogens with two attached hydrogens (primary N) is 2. The van der Waals surface area contributed by atoms with Gasteiger partial charge in [-0.1, -0.05) is 0 Å². The maximum absolute atomic E-state index is 5.16. The summed E-state index contributed by atoms with van der Waals surface area (Å²) in [6.45, 7) is 1.55. The Balaban J connectivity index is 0. The maximum atomic E-state index is 5.16. The molecule has 0 saturated heterocycles.